The van der Waals surface area contributed by atoms with Gasteiger partial charge in [-0.3, -0.25) is 9.59 Å². The zero-order valence-corrected chi connectivity index (χ0v) is 15.4. The zero-order valence-electron chi connectivity index (χ0n) is 12.3. The van der Waals surface area contributed by atoms with E-state index in [1.165, 1.54) is 22.7 Å². The molecule has 0 saturated carbocycles. The maximum Gasteiger partial charge on any atom is 0.262 e. The highest BCUT2D eigenvalue weighted by Gasteiger charge is 2.17. The van der Waals surface area contributed by atoms with E-state index in [1.54, 1.807) is 24.3 Å². The summed E-state index contributed by atoms with van der Waals surface area (Å²) >= 11 is 14.9. The number of fused-ring (bicyclic) bond motifs is 1. The van der Waals surface area contributed by atoms with Crippen LogP contribution in [0.25, 0.3) is 10.1 Å². The van der Waals surface area contributed by atoms with Crippen molar-refractivity contribution in [2.75, 3.05) is 13.1 Å². The number of carbonyl (C=O) groups is 2. The van der Waals surface area contributed by atoms with Gasteiger partial charge in [0.05, 0.1) is 9.90 Å². The Morgan fingerprint density at radius 2 is 1.79 bits per heavy atom. The van der Waals surface area contributed by atoms with Gasteiger partial charge in [-0.1, -0.05) is 35.3 Å². The molecule has 0 fully saturated rings. The van der Waals surface area contributed by atoms with Crippen molar-refractivity contribution in [2.45, 2.75) is 0 Å². The lowest BCUT2D eigenvalue weighted by Crippen LogP contribution is -2.34. The van der Waals surface area contributed by atoms with Crippen molar-refractivity contribution in [3.8, 4) is 0 Å². The molecule has 24 heavy (non-hydrogen) atoms. The second-order valence-electron chi connectivity index (χ2n) is 4.87. The fraction of sp³-hybridized carbons (Fsp3) is 0.125. The number of hydrogen-bond acceptors (Lipinski definition) is 4. The molecular formula is C16H12Cl2N2O2S2. The molecule has 2 N–H and O–H groups in total. The first-order valence-corrected chi connectivity index (χ1v) is 9.49. The maximum atomic E-state index is 12.3. The summed E-state index contributed by atoms with van der Waals surface area (Å²) in [6, 6.07) is 8.89. The van der Waals surface area contributed by atoms with Gasteiger partial charge in [0, 0.05) is 28.2 Å². The van der Waals surface area contributed by atoms with E-state index in [1.807, 2.05) is 11.4 Å². The SMILES string of the molecule is O=C(NCCNC(=O)c1sc2cc(Cl)ccc2c1Cl)c1cccs1. The fourth-order valence-corrected chi connectivity index (χ4v) is 4.46. The smallest absolute Gasteiger partial charge is 0.262 e. The summed E-state index contributed by atoms with van der Waals surface area (Å²) in [5.74, 6) is -0.406. The van der Waals surface area contributed by atoms with Crippen LogP contribution in [-0.2, 0) is 0 Å². The van der Waals surface area contributed by atoms with Crippen LogP contribution in [0.4, 0.5) is 0 Å². The topological polar surface area (TPSA) is 58.2 Å². The molecule has 2 heterocycles. The van der Waals surface area contributed by atoms with E-state index in [2.05, 4.69) is 10.6 Å². The lowest BCUT2D eigenvalue weighted by atomic mass is 10.2. The van der Waals surface area contributed by atoms with E-state index in [0.717, 1.165) is 10.1 Å². The Kier molecular flexibility index (Phi) is 5.40. The Labute approximate surface area is 156 Å². The number of benzene rings is 1. The molecule has 0 aliphatic rings. The van der Waals surface area contributed by atoms with Gasteiger partial charge in [-0.15, -0.1) is 22.7 Å². The van der Waals surface area contributed by atoms with Gasteiger partial charge < -0.3 is 10.6 Å². The van der Waals surface area contributed by atoms with Gasteiger partial charge in [0.2, 0.25) is 0 Å². The van der Waals surface area contributed by atoms with Gasteiger partial charge in [0.25, 0.3) is 11.8 Å². The quantitative estimate of drug-likeness (QED) is 0.624. The Balaban J connectivity index is 1.57. The first-order chi connectivity index (χ1) is 11.6. The number of hydrogen-bond donors (Lipinski definition) is 2. The first kappa shape index (κ1) is 17.2. The Hall–Kier alpha value is -1.60. The van der Waals surface area contributed by atoms with E-state index in [0.29, 0.717) is 32.9 Å². The molecule has 0 saturated heterocycles. The summed E-state index contributed by atoms with van der Waals surface area (Å²) in [6.45, 7) is 0.665. The van der Waals surface area contributed by atoms with Gasteiger partial charge >= 0.3 is 0 Å². The van der Waals surface area contributed by atoms with E-state index in [-0.39, 0.29) is 11.8 Å². The molecule has 1 aromatic carbocycles. The molecule has 3 aromatic rings. The lowest BCUT2D eigenvalue weighted by molar-refractivity contribution is 0.0932. The van der Waals surface area contributed by atoms with Crippen LogP contribution >= 0.6 is 45.9 Å². The van der Waals surface area contributed by atoms with Crippen LogP contribution in [0, 0.1) is 0 Å². The third kappa shape index (κ3) is 3.72. The number of rotatable bonds is 5. The largest absolute Gasteiger partial charge is 0.350 e. The zero-order chi connectivity index (χ0) is 17.1. The van der Waals surface area contributed by atoms with Crippen LogP contribution in [0.5, 0.6) is 0 Å². The number of halogens is 2. The molecule has 0 aliphatic carbocycles. The van der Waals surface area contributed by atoms with Crippen molar-refractivity contribution < 1.29 is 9.59 Å². The third-order valence-electron chi connectivity index (χ3n) is 3.24. The first-order valence-electron chi connectivity index (χ1n) is 7.03. The van der Waals surface area contributed by atoms with E-state index < -0.39 is 0 Å². The summed E-state index contributed by atoms with van der Waals surface area (Å²) in [7, 11) is 0. The number of amides is 2. The standard InChI is InChI=1S/C16H12Cl2N2O2S2/c17-9-3-4-10-12(8-9)24-14(13(10)18)16(22)20-6-5-19-15(21)11-2-1-7-23-11/h1-4,7-8H,5-6H2,(H,19,21)(H,20,22). The average molecular weight is 399 g/mol. The highest BCUT2D eigenvalue weighted by atomic mass is 35.5. The molecule has 0 spiro atoms. The van der Waals surface area contributed by atoms with Crippen molar-refractivity contribution in [2.24, 2.45) is 0 Å². The minimum atomic E-state index is -0.261. The van der Waals surface area contributed by atoms with Crippen LogP contribution in [0.15, 0.2) is 35.7 Å². The molecule has 0 bridgehead atoms. The minimum absolute atomic E-state index is 0.145. The molecule has 124 valence electrons. The van der Waals surface area contributed by atoms with Crippen molar-refractivity contribution in [1.82, 2.24) is 10.6 Å². The summed E-state index contributed by atoms with van der Waals surface area (Å²) in [6.07, 6.45) is 0. The number of thiophene rings is 2. The summed E-state index contributed by atoms with van der Waals surface area (Å²) in [5.41, 5.74) is 0. The van der Waals surface area contributed by atoms with Crippen molar-refractivity contribution >= 4 is 67.8 Å². The molecule has 2 amide bonds. The molecule has 3 rings (SSSR count). The highest BCUT2D eigenvalue weighted by Crippen LogP contribution is 2.36. The molecule has 8 heteroatoms. The lowest BCUT2D eigenvalue weighted by Gasteiger charge is -2.05. The summed E-state index contributed by atoms with van der Waals surface area (Å²) < 4.78 is 0.864. The van der Waals surface area contributed by atoms with E-state index in [9.17, 15) is 9.59 Å². The third-order valence-corrected chi connectivity index (χ3v) is 6.00. The number of carbonyl (C=O) groups excluding carboxylic acids is 2. The summed E-state index contributed by atoms with van der Waals surface area (Å²) in [5, 5.41) is 9.18. The molecular weight excluding hydrogens is 387 g/mol. The fourth-order valence-electron chi connectivity index (χ4n) is 2.11. The molecule has 0 aliphatic heterocycles. The predicted octanol–water partition coefficient (Wildman–Crippen LogP) is 4.43. The highest BCUT2D eigenvalue weighted by molar-refractivity contribution is 7.21. The van der Waals surface area contributed by atoms with Gasteiger partial charge in [-0.05, 0) is 23.6 Å². The molecule has 0 atom stereocenters. The van der Waals surface area contributed by atoms with Crippen molar-refractivity contribution in [3.63, 3.8) is 0 Å². The Morgan fingerprint density at radius 3 is 2.50 bits per heavy atom. The maximum absolute atomic E-state index is 12.3. The monoisotopic (exact) mass is 398 g/mol. The van der Waals surface area contributed by atoms with Crippen LogP contribution in [-0.4, -0.2) is 24.9 Å². The second kappa shape index (κ2) is 7.53. The predicted molar refractivity (Wildman–Crippen MR) is 101 cm³/mol. The van der Waals surface area contributed by atoms with Crippen molar-refractivity contribution in [3.05, 3.63) is 55.5 Å². The number of nitrogens with one attached hydrogen (secondary N) is 2. The Bertz CT molecular complexity index is 891. The molecule has 0 unspecified atom stereocenters. The van der Waals surface area contributed by atoms with Gasteiger partial charge in [0.1, 0.15) is 4.88 Å². The van der Waals surface area contributed by atoms with Gasteiger partial charge in [0.15, 0.2) is 0 Å². The van der Waals surface area contributed by atoms with Gasteiger partial charge in [-0.2, -0.15) is 0 Å². The molecule has 0 radical (unpaired) electrons. The normalized spacial score (nSPS) is 10.8. The van der Waals surface area contributed by atoms with Gasteiger partial charge in [-0.25, -0.2) is 0 Å². The van der Waals surface area contributed by atoms with Crippen LogP contribution in [0.1, 0.15) is 19.3 Å². The van der Waals surface area contributed by atoms with Crippen LogP contribution < -0.4 is 10.6 Å². The average Bonchev–Trinajstić information content (AvgIpc) is 3.19. The minimum Gasteiger partial charge on any atom is -0.350 e. The van der Waals surface area contributed by atoms with E-state index >= 15 is 0 Å². The van der Waals surface area contributed by atoms with Crippen molar-refractivity contribution in [1.29, 1.82) is 0 Å². The summed E-state index contributed by atoms with van der Waals surface area (Å²) in [4.78, 5) is 25.1. The van der Waals surface area contributed by atoms with Crippen LogP contribution in [0.3, 0.4) is 0 Å². The Morgan fingerprint density at radius 1 is 1.04 bits per heavy atom. The molecule has 4 nitrogen and oxygen atoms in total. The van der Waals surface area contributed by atoms with Crippen LogP contribution in [0.2, 0.25) is 10.0 Å². The second-order valence-corrected chi connectivity index (χ2v) is 7.69. The van der Waals surface area contributed by atoms with E-state index in [4.69, 9.17) is 23.2 Å². The molecule has 2 aromatic heterocycles.